The smallest absolute Gasteiger partial charge is 0.281 e. The van der Waals surface area contributed by atoms with Crippen molar-refractivity contribution in [1.29, 1.82) is 0 Å². The van der Waals surface area contributed by atoms with Gasteiger partial charge in [0.15, 0.2) is 0 Å². The van der Waals surface area contributed by atoms with Crippen molar-refractivity contribution in [2.45, 2.75) is 19.5 Å². The largest absolute Gasteiger partial charge is 0.418 e. The molecule has 0 aliphatic carbocycles. The summed E-state index contributed by atoms with van der Waals surface area (Å²) >= 11 is 5.48. The van der Waals surface area contributed by atoms with Crippen LogP contribution in [-0.4, -0.2) is 5.91 Å². The zero-order chi connectivity index (χ0) is 13.8. The van der Waals surface area contributed by atoms with Crippen molar-refractivity contribution in [3.05, 3.63) is 34.3 Å². The molecule has 18 heavy (non-hydrogen) atoms. The maximum absolute atomic E-state index is 12.8. The average molecular weight is 276 g/mol. The van der Waals surface area contributed by atoms with Gasteiger partial charge in [-0.2, -0.15) is 13.2 Å². The van der Waals surface area contributed by atoms with Crippen LogP contribution in [-0.2, 0) is 6.18 Å². The van der Waals surface area contributed by atoms with Crippen molar-refractivity contribution in [2.75, 3.05) is 0 Å². The fourth-order valence-electron chi connectivity index (χ4n) is 1.26. The van der Waals surface area contributed by atoms with Crippen LogP contribution in [0.5, 0.6) is 0 Å². The number of hydrogen-bond acceptors (Lipinski definition) is 1. The molecule has 0 atom stereocenters. The highest BCUT2D eigenvalue weighted by atomic mass is 35.5. The summed E-state index contributed by atoms with van der Waals surface area (Å²) in [6.07, 6.45) is -4.20. The van der Waals surface area contributed by atoms with Crippen LogP contribution < -0.4 is 5.32 Å². The Balaban J connectivity index is 3.17. The maximum Gasteiger partial charge on any atom is 0.418 e. The molecule has 0 radical (unpaired) electrons. The molecule has 0 saturated carbocycles. The SMILES string of the molecule is CCC#CNC(=O)c1cccc(Cl)c1C(F)(F)F. The number of nitrogens with one attached hydrogen (secondary N) is 1. The van der Waals surface area contributed by atoms with Gasteiger partial charge in [-0.05, 0) is 12.1 Å². The van der Waals surface area contributed by atoms with Crippen LogP contribution in [0.4, 0.5) is 13.2 Å². The molecule has 0 aliphatic heterocycles. The van der Waals surface area contributed by atoms with Crippen LogP contribution in [0.3, 0.4) is 0 Å². The second-order valence-electron chi connectivity index (χ2n) is 3.27. The molecule has 1 aromatic carbocycles. The normalized spacial score (nSPS) is 10.5. The van der Waals surface area contributed by atoms with E-state index in [2.05, 4.69) is 17.3 Å². The third kappa shape index (κ3) is 3.41. The van der Waals surface area contributed by atoms with Gasteiger partial charge in [0.25, 0.3) is 5.91 Å². The summed E-state index contributed by atoms with van der Waals surface area (Å²) in [5.74, 6) is 1.60. The van der Waals surface area contributed by atoms with E-state index in [-0.39, 0.29) is 0 Å². The Morgan fingerprint density at radius 3 is 2.67 bits per heavy atom. The van der Waals surface area contributed by atoms with Gasteiger partial charge in [-0.1, -0.05) is 30.5 Å². The van der Waals surface area contributed by atoms with Crippen LogP contribution in [0, 0.1) is 12.0 Å². The number of carbonyl (C=O) groups is 1. The van der Waals surface area contributed by atoms with Gasteiger partial charge in [0.05, 0.1) is 16.1 Å². The van der Waals surface area contributed by atoms with Gasteiger partial charge >= 0.3 is 6.18 Å². The summed E-state index contributed by atoms with van der Waals surface area (Å²) in [6.45, 7) is 1.75. The van der Waals surface area contributed by atoms with Gasteiger partial charge in [0.1, 0.15) is 0 Å². The first-order valence-corrected chi connectivity index (χ1v) is 5.39. The number of benzene rings is 1. The van der Waals surface area contributed by atoms with Gasteiger partial charge in [0, 0.05) is 12.5 Å². The third-order valence-electron chi connectivity index (χ3n) is 1.98. The molecule has 0 bridgehead atoms. The minimum atomic E-state index is -4.69. The van der Waals surface area contributed by atoms with Crippen molar-refractivity contribution in [3.8, 4) is 12.0 Å². The monoisotopic (exact) mass is 275 g/mol. The molecule has 0 fully saturated rings. The topological polar surface area (TPSA) is 29.1 Å². The quantitative estimate of drug-likeness (QED) is 0.617. The first-order chi connectivity index (χ1) is 8.38. The highest BCUT2D eigenvalue weighted by molar-refractivity contribution is 6.32. The molecule has 0 spiro atoms. The number of alkyl halides is 3. The van der Waals surface area contributed by atoms with Gasteiger partial charge in [-0.15, -0.1) is 0 Å². The Morgan fingerprint density at radius 1 is 1.44 bits per heavy atom. The fourth-order valence-corrected chi connectivity index (χ4v) is 1.54. The summed E-state index contributed by atoms with van der Waals surface area (Å²) in [5, 5.41) is 1.57. The molecule has 1 aromatic rings. The van der Waals surface area contributed by atoms with Gasteiger partial charge in [0.2, 0.25) is 0 Å². The Kier molecular flexibility index (Phi) is 4.62. The van der Waals surface area contributed by atoms with E-state index in [1.807, 2.05) is 0 Å². The molecular weight excluding hydrogens is 267 g/mol. The van der Waals surface area contributed by atoms with Crippen LogP contribution in [0.2, 0.25) is 5.02 Å². The van der Waals surface area contributed by atoms with E-state index in [0.717, 1.165) is 12.1 Å². The highest BCUT2D eigenvalue weighted by Gasteiger charge is 2.37. The first-order valence-electron chi connectivity index (χ1n) is 5.01. The van der Waals surface area contributed by atoms with Gasteiger partial charge in [-0.3, -0.25) is 10.1 Å². The standard InChI is InChI=1S/C12H9ClF3NO/c1-2-3-7-17-11(18)8-5-4-6-9(13)10(8)12(14,15)16/h4-6H,2H2,1H3,(H,17,18). The summed E-state index contributed by atoms with van der Waals surface area (Å²) in [6, 6.07) is 5.68. The molecule has 1 rings (SSSR count). The van der Waals surface area contributed by atoms with Crippen molar-refractivity contribution >= 4 is 17.5 Å². The highest BCUT2D eigenvalue weighted by Crippen LogP contribution is 2.37. The van der Waals surface area contributed by atoms with Crippen molar-refractivity contribution in [1.82, 2.24) is 5.32 Å². The summed E-state index contributed by atoms with van der Waals surface area (Å²) in [5.41, 5.74) is -1.69. The van der Waals surface area contributed by atoms with E-state index in [0.29, 0.717) is 6.42 Å². The molecule has 0 aromatic heterocycles. The lowest BCUT2D eigenvalue weighted by molar-refractivity contribution is -0.137. The van der Waals surface area contributed by atoms with E-state index >= 15 is 0 Å². The van der Waals surface area contributed by atoms with Crippen LogP contribution in [0.15, 0.2) is 18.2 Å². The molecule has 0 heterocycles. The number of halogens is 4. The predicted molar refractivity (Wildman–Crippen MR) is 62.0 cm³/mol. The van der Waals surface area contributed by atoms with E-state index in [1.54, 1.807) is 6.92 Å². The number of rotatable bonds is 1. The number of carbonyl (C=O) groups excluding carboxylic acids is 1. The van der Waals surface area contributed by atoms with E-state index in [1.165, 1.54) is 6.07 Å². The molecular formula is C12H9ClF3NO. The van der Waals surface area contributed by atoms with Crippen LogP contribution in [0.1, 0.15) is 29.3 Å². The molecule has 2 nitrogen and oxygen atoms in total. The van der Waals surface area contributed by atoms with Gasteiger partial charge < -0.3 is 0 Å². The Hall–Kier alpha value is -1.67. The van der Waals surface area contributed by atoms with Crippen molar-refractivity contribution < 1.29 is 18.0 Å². The Bertz CT molecular complexity index is 514. The third-order valence-corrected chi connectivity index (χ3v) is 2.30. The molecule has 0 aliphatic rings. The lowest BCUT2D eigenvalue weighted by Gasteiger charge is -2.12. The average Bonchev–Trinajstić information content (AvgIpc) is 2.27. The summed E-state index contributed by atoms with van der Waals surface area (Å²) in [4.78, 5) is 11.6. The molecule has 96 valence electrons. The lowest BCUT2D eigenvalue weighted by Crippen LogP contribution is -2.22. The predicted octanol–water partition coefficient (Wildman–Crippen LogP) is 3.46. The van der Waals surface area contributed by atoms with Gasteiger partial charge in [-0.25, -0.2) is 0 Å². The Labute approximate surface area is 107 Å². The zero-order valence-corrected chi connectivity index (χ0v) is 10.1. The van der Waals surface area contributed by atoms with E-state index in [9.17, 15) is 18.0 Å². The second kappa shape index (κ2) is 5.78. The van der Waals surface area contributed by atoms with Crippen molar-refractivity contribution in [3.63, 3.8) is 0 Å². The fraction of sp³-hybridized carbons (Fsp3) is 0.250. The van der Waals surface area contributed by atoms with Crippen LogP contribution >= 0.6 is 11.6 Å². The molecule has 6 heteroatoms. The molecule has 1 amide bonds. The first kappa shape index (κ1) is 14.4. The molecule has 0 saturated heterocycles. The van der Waals surface area contributed by atoms with Crippen molar-refractivity contribution in [2.24, 2.45) is 0 Å². The number of amides is 1. The minimum Gasteiger partial charge on any atom is -0.281 e. The maximum atomic E-state index is 12.8. The Morgan fingerprint density at radius 2 is 2.11 bits per heavy atom. The zero-order valence-electron chi connectivity index (χ0n) is 9.36. The molecule has 1 N–H and O–H groups in total. The van der Waals surface area contributed by atoms with E-state index in [4.69, 9.17) is 11.6 Å². The minimum absolute atomic E-state index is 0.488. The van der Waals surface area contributed by atoms with E-state index < -0.39 is 28.2 Å². The molecule has 0 unspecified atom stereocenters. The second-order valence-corrected chi connectivity index (χ2v) is 3.68. The summed E-state index contributed by atoms with van der Waals surface area (Å²) in [7, 11) is 0. The van der Waals surface area contributed by atoms with Crippen LogP contribution in [0.25, 0.3) is 0 Å². The lowest BCUT2D eigenvalue weighted by atomic mass is 10.1. The summed E-state index contributed by atoms with van der Waals surface area (Å²) < 4.78 is 38.3. The number of hydrogen-bond donors (Lipinski definition) is 1.